The van der Waals surface area contributed by atoms with Crippen LogP contribution in [0.4, 0.5) is 0 Å². The minimum atomic E-state index is -2.10. The number of nitrogens with one attached hydrogen (secondary N) is 1. The zero-order valence-corrected chi connectivity index (χ0v) is 23.0. The molecule has 2 rings (SSSR count). The van der Waals surface area contributed by atoms with E-state index in [1.807, 2.05) is 6.08 Å². The molecule has 0 saturated carbocycles. The lowest BCUT2D eigenvalue weighted by molar-refractivity contribution is 0.0338. The molecule has 0 saturated heterocycles. The van der Waals surface area contributed by atoms with Gasteiger partial charge in [-0.1, -0.05) is 41.5 Å². The summed E-state index contributed by atoms with van der Waals surface area (Å²) >= 11 is 0. The van der Waals surface area contributed by atoms with Crippen molar-refractivity contribution in [3.05, 3.63) is 38.7 Å². The van der Waals surface area contributed by atoms with Gasteiger partial charge in [0, 0.05) is 17.8 Å². The minimum Gasteiger partial charge on any atom is -0.470 e. The Kier molecular flexibility index (Phi) is 7.08. The van der Waals surface area contributed by atoms with Crippen LogP contribution in [-0.2, 0) is 13.6 Å². The van der Waals surface area contributed by atoms with Crippen LogP contribution in [0.5, 0.6) is 0 Å². The molecule has 31 heavy (non-hydrogen) atoms. The Morgan fingerprint density at radius 3 is 2.06 bits per heavy atom. The molecule has 9 heteroatoms. The quantitative estimate of drug-likeness (QED) is 0.624. The summed E-state index contributed by atoms with van der Waals surface area (Å²) in [6.07, 6.45) is 1.16. The summed E-state index contributed by atoms with van der Waals surface area (Å²) in [7, 11) is -4.10. The van der Waals surface area contributed by atoms with Crippen molar-refractivity contribution >= 4 is 22.5 Å². The van der Waals surface area contributed by atoms with Crippen LogP contribution in [0, 0.1) is 6.92 Å². The van der Waals surface area contributed by atoms with Gasteiger partial charge in [0.05, 0.1) is 6.61 Å². The molecule has 0 amide bonds. The Bertz CT molecular complexity index is 948. The fraction of sp³-hybridized carbons (Fsp3) is 0.727. The second kappa shape index (κ2) is 8.49. The van der Waals surface area contributed by atoms with Gasteiger partial charge in [-0.2, -0.15) is 0 Å². The van der Waals surface area contributed by atoms with Crippen molar-refractivity contribution in [2.75, 3.05) is 6.61 Å². The van der Waals surface area contributed by atoms with E-state index in [4.69, 9.17) is 13.6 Å². The second-order valence-electron chi connectivity index (χ2n) is 11.5. The molecule has 176 valence electrons. The highest BCUT2D eigenvalue weighted by Crippen LogP contribution is 2.40. The maximum atomic E-state index is 12.5. The third-order valence-corrected chi connectivity index (χ3v) is 15.9. The van der Waals surface area contributed by atoms with Gasteiger partial charge < -0.3 is 13.6 Å². The van der Waals surface area contributed by atoms with Crippen LogP contribution in [0.15, 0.2) is 21.7 Å². The number of hydrogen-bond donors (Lipinski definition) is 1. The summed E-state index contributed by atoms with van der Waals surface area (Å²) in [4.78, 5) is 26.4. The van der Waals surface area contributed by atoms with Crippen molar-refractivity contribution < 1.29 is 13.6 Å². The molecule has 7 nitrogen and oxygen atoms in total. The first kappa shape index (κ1) is 25.8. The van der Waals surface area contributed by atoms with Crippen LogP contribution in [0.1, 0.15) is 47.2 Å². The van der Waals surface area contributed by atoms with Crippen molar-refractivity contribution in [3.63, 3.8) is 0 Å². The molecule has 1 aromatic heterocycles. The highest BCUT2D eigenvalue weighted by molar-refractivity contribution is 6.74. The number of aryl methyl sites for hydroxylation is 1. The van der Waals surface area contributed by atoms with Gasteiger partial charge >= 0.3 is 5.69 Å². The van der Waals surface area contributed by atoms with Crippen molar-refractivity contribution in [1.29, 1.82) is 0 Å². The normalized spacial score (nSPS) is 20.5. The Morgan fingerprint density at radius 1 is 1.03 bits per heavy atom. The first-order chi connectivity index (χ1) is 13.9. The number of rotatable bonds is 6. The summed E-state index contributed by atoms with van der Waals surface area (Å²) in [5.41, 5.74) is -0.436. The monoisotopic (exact) mass is 468 g/mol. The van der Waals surface area contributed by atoms with E-state index in [1.165, 1.54) is 10.6 Å². The molecule has 0 aliphatic carbocycles. The Morgan fingerprint density at radius 2 is 1.58 bits per heavy atom. The number of H-pyrrole nitrogens is 1. The summed E-state index contributed by atoms with van der Waals surface area (Å²) in [6.45, 7) is 24.1. The van der Waals surface area contributed by atoms with Crippen molar-refractivity contribution in [2.45, 2.75) is 96.9 Å². The van der Waals surface area contributed by atoms with Crippen molar-refractivity contribution in [3.8, 4) is 0 Å². The van der Waals surface area contributed by atoms with Crippen LogP contribution in [0.2, 0.25) is 36.3 Å². The number of aromatic nitrogens is 2. The first-order valence-electron chi connectivity index (χ1n) is 10.9. The van der Waals surface area contributed by atoms with Crippen molar-refractivity contribution in [2.24, 2.45) is 0 Å². The molecule has 0 bridgehead atoms. The van der Waals surface area contributed by atoms with Gasteiger partial charge in [0.25, 0.3) is 5.56 Å². The Labute approximate surface area is 188 Å². The molecule has 0 aromatic carbocycles. The number of aromatic amines is 1. The lowest BCUT2D eigenvalue weighted by atomic mass is 10.2. The molecule has 0 fully saturated rings. The van der Waals surface area contributed by atoms with E-state index in [1.54, 1.807) is 6.92 Å². The van der Waals surface area contributed by atoms with E-state index >= 15 is 0 Å². The fourth-order valence-electron chi connectivity index (χ4n) is 2.78. The average molecular weight is 469 g/mol. The molecule has 2 atom stereocenters. The third-order valence-electron chi connectivity index (χ3n) is 6.94. The number of nitrogens with zero attached hydrogens (tertiary/aromatic N) is 1. The standard InChI is InChI=1S/C22H40N2O5Si2/c1-15-12-18(25)23-20(26)24(15)19-13-16(29-31(10,11)22(5,6)7)17(28-19)14-27-30(8,9)21(2,3)4/h12-13,16-17H,14H2,1-11H3,(H,23,25,26)/t16-,17+/m0/s1. The maximum absolute atomic E-state index is 12.5. The number of hydrogen-bond acceptors (Lipinski definition) is 5. The first-order valence-corrected chi connectivity index (χ1v) is 16.7. The summed E-state index contributed by atoms with van der Waals surface area (Å²) in [5, 5.41) is 0.100. The molecule has 0 unspecified atom stereocenters. The van der Waals surface area contributed by atoms with Crippen LogP contribution in [0.25, 0.3) is 5.88 Å². The highest BCUT2D eigenvalue weighted by atomic mass is 28.4. The molecule has 0 radical (unpaired) electrons. The zero-order chi connectivity index (χ0) is 24.0. The molecule has 0 spiro atoms. The van der Waals surface area contributed by atoms with E-state index in [0.29, 0.717) is 18.2 Å². The van der Waals surface area contributed by atoms with Crippen LogP contribution in [-0.4, -0.2) is 45.0 Å². The highest BCUT2D eigenvalue weighted by Gasteiger charge is 2.44. The minimum absolute atomic E-state index is 0.0270. The van der Waals surface area contributed by atoms with Gasteiger partial charge in [0.15, 0.2) is 22.7 Å². The Hall–Kier alpha value is -1.43. The summed E-state index contributed by atoms with van der Waals surface area (Å²) in [6, 6.07) is 1.38. The van der Waals surface area contributed by atoms with Gasteiger partial charge in [-0.25, -0.2) is 9.36 Å². The predicted octanol–water partition coefficient (Wildman–Crippen LogP) is 4.45. The molecule has 1 N–H and O–H groups in total. The predicted molar refractivity (Wildman–Crippen MR) is 130 cm³/mol. The summed E-state index contributed by atoms with van der Waals surface area (Å²) < 4.78 is 20.7. The van der Waals surface area contributed by atoms with Crippen LogP contribution in [0.3, 0.4) is 0 Å². The lowest BCUT2D eigenvalue weighted by Crippen LogP contribution is -2.48. The SMILES string of the molecule is Cc1cc(=O)[nH]c(=O)n1C1=C[C@H](O[Si](C)(C)C(C)(C)C)[C@@H](CO[Si](C)(C)C(C)(C)C)O1. The molecular formula is C22H40N2O5Si2. The second-order valence-corrected chi connectivity index (χ2v) is 21.1. The largest absolute Gasteiger partial charge is 0.470 e. The van der Waals surface area contributed by atoms with Gasteiger partial charge in [0.1, 0.15) is 6.10 Å². The molecule has 1 aliphatic heterocycles. The van der Waals surface area contributed by atoms with E-state index < -0.39 is 27.9 Å². The van der Waals surface area contributed by atoms with Crippen LogP contribution < -0.4 is 11.2 Å². The topological polar surface area (TPSA) is 82.6 Å². The van der Waals surface area contributed by atoms with E-state index in [0.717, 1.165) is 0 Å². The van der Waals surface area contributed by atoms with E-state index in [-0.39, 0.29) is 22.3 Å². The van der Waals surface area contributed by atoms with Crippen molar-refractivity contribution in [1.82, 2.24) is 9.55 Å². The number of ether oxygens (including phenoxy) is 1. The van der Waals surface area contributed by atoms with Crippen LogP contribution >= 0.6 is 0 Å². The molecule has 1 aliphatic rings. The lowest BCUT2D eigenvalue weighted by Gasteiger charge is -2.40. The molecule has 2 heterocycles. The summed E-state index contributed by atoms with van der Waals surface area (Å²) in [5.74, 6) is 0.381. The Balaban J connectivity index is 2.39. The van der Waals surface area contributed by atoms with Gasteiger partial charge in [0.2, 0.25) is 5.88 Å². The van der Waals surface area contributed by atoms with Gasteiger partial charge in [-0.3, -0.25) is 9.78 Å². The van der Waals surface area contributed by atoms with Gasteiger partial charge in [-0.15, -0.1) is 0 Å². The van der Waals surface area contributed by atoms with E-state index in [9.17, 15) is 9.59 Å². The smallest absolute Gasteiger partial charge is 0.335 e. The average Bonchev–Trinajstić information content (AvgIpc) is 2.91. The van der Waals surface area contributed by atoms with E-state index in [2.05, 4.69) is 72.7 Å². The van der Waals surface area contributed by atoms with Gasteiger partial charge in [-0.05, 0) is 43.2 Å². The zero-order valence-electron chi connectivity index (χ0n) is 21.0. The fourth-order valence-corrected chi connectivity index (χ4v) is 5.05. The third kappa shape index (κ3) is 5.69. The maximum Gasteiger partial charge on any atom is 0.335 e. The molecule has 1 aromatic rings. The molecular weight excluding hydrogens is 428 g/mol.